The fourth-order valence-electron chi connectivity index (χ4n) is 2.98. The molecule has 2 aliphatic rings. The fourth-order valence-corrected chi connectivity index (χ4v) is 2.98. The third-order valence-corrected chi connectivity index (χ3v) is 4.31. The number of hydrogen-bond acceptors (Lipinski definition) is 2. The van der Waals surface area contributed by atoms with E-state index in [2.05, 4.69) is 0 Å². The molecule has 1 saturated heterocycles. The first-order chi connectivity index (χ1) is 9.86. The van der Waals surface area contributed by atoms with Crippen LogP contribution in [0.25, 0.3) is 0 Å². The van der Waals surface area contributed by atoms with Crippen LogP contribution in [-0.2, 0) is 11.0 Å². The molecule has 3 rings (SSSR count). The molecule has 1 aliphatic heterocycles. The second kappa shape index (κ2) is 5.02. The van der Waals surface area contributed by atoms with Crippen LogP contribution in [0.3, 0.4) is 0 Å². The first-order valence-corrected chi connectivity index (χ1v) is 7.08. The Labute approximate surface area is 120 Å². The van der Waals surface area contributed by atoms with Crippen molar-refractivity contribution >= 4 is 5.91 Å². The van der Waals surface area contributed by atoms with E-state index in [0.29, 0.717) is 13.1 Å². The van der Waals surface area contributed by atoms with Gasteiger partial charge in [0.05, 0.1) is 5.56 Å². The van der Waals surface area contributed by atoms with E-state index in [9.17, 15) is 18.0 Å². The zero-order valence-corrected chi connectivity index (χ0v) is 11.4. The highest BCUT2D eigenvalue weighted by molar-refractivity contribution is 5.83. The van der Waals surface area contributed by atoms with Gasteiger partial charge in [-0.1, -0.05) is 12.1 Å². The molecule has 0 radical (unpaired) electrons. The smallest absolute Gasteiger partial charge is 0.341 e. The van der Waals surface area contributed by atoms with Crippen molar-refractivity contribution in [2.45, 2.75) is 31.0 Å². The van der Waals surface area contributed by atoms with E-state index in [4.69, 9.17) is 5.73 Å². The van der Waals surface area contributed by atoms with Gasteiger partial charge in [-0.15, -0.1) is 0 Å². The second-order valence-electron chi connectivity index (χ2n) is 5.90. The van der Waals surface area contributed by atoms with Crippen molar-refractivity contribution in [3.05, 3.63) is 35.4 Å². The summed E-state index contributed by atoms with van der Waals surface area (Å²) in [6.07, 6.45) is -2.78. The number of carbonyl (C=O) groups is 1. The third kappa shape index (κ3) is 2.90. The van der Waals surface area contributed by atoms with Gasteiger partial charge in [-0.05, 0) is 36.5 Å². The van der Waals surface area contributed by atoms with Gasteiger partial charge in [-0.2, -0.15) is 13.2 Å². The maximum absolute atomic E-state index is 12.5. The Morgan fingerprint density at radius 3 is 2.43 bits per heavy atom. The van der Waals surface area contributed by atoms with Crippen molar-refractivity contribution in [2.75, 3.05) is 13.1 Å². The molecule has 1 heterocycles. The number of rotatable bonds is 2. The summed E-state index contributed by atoms with van der Waals surface area (Å²) in [6.45, 7) is 1.28. The SMILES string of the molecule is N[C@@H]1CCN(C(=O)[C@H]2C[C@H]2c2ccc(C(F)(F)F)cc2)C1. The summed E-state index contributed by atoms with van der Waals surface area (Å²) in [6, 6.07) is 5.19. The highest BCUT2D eigenvalue weighted by Gasteiger charge is 2.46. The lowest BCUT2D eigenvalue weighted by Gasteiger charge is -2.15. The van der Waals surface area contributed by atoms with E-state index in [1.165, 1.54) is 12.1 Å². The molecule has 1 aromatic rings. The number of nitrogens with two attached hydrogens (primary N) is 1. The highest BCUT2D eigenvalue weighted by Crippen LogP contribution is 2.49. The van der Waals surface area contributed by atoms with E-state index in [0.717, 1.165) is 30.5 Å². The van der Waals surface area contributed by atoms with Gasteiger partial charge in [0.1, 0.15) is 0 Å². The van der Waals surface area contributed by atoms with Crippen LogP contribution in [0.2, 0.25) is 0 Å². The van der Waals surface area contributed by atoms with Crippen LogP contribution in [0, 0.1) is 5.92 Å². The summed E-state index contributed by atoms with van der Waals surface area (Å²) in [7, 11) is 0. The molecule has 1 aromatic carbocycles. The molecular weight excluding hydrogens is 281 g/mol. The fraction of sp³-hybridized carbons (Fsp3) is 0.533. The van der Waals surface area contributed by atoms with Crippen molar-refractivity contribution in [1.82, 2.24) is 4.90 Å². The number of likely N-dealkylation sites (tertiary alicyclic amines) is 1. The molecule has 0 bridgehead atoms. The van der Waals surface area contributed by atoms with E-state index >= 15 is 0 Å². The largest absolute Gasteiger partial charge is 0.416 e. The van der Waals surface area contributed by atoms with Gasteiger partial charge in [-0.25, -0.2) is 0 Å². The van der Waals surface area contributed by atoms with E-state index in [-0.39, 0.29) is 23.8 Å². The minimum atomic E-state index is -4.32. The Morgan fingerprint density at radius 1 is 1.24 bits per heavy atom. The Morgan fingerprint density at radius 2 is 1.90 bits per heavy atom. The molecule has 0 unspecified atom stereocenters. The molecule has 0 spiro atoms. The van der Waals surface area contributed by atoms with Crippen LogP contribution in [0.15, 0.2) is 24.3 Å². The molecule has 114 valence electrons. The predicted octanol–water partition coefficient (Wildman–Crippen LogP) is 2.37. The summed E-state index contributed by atoms with van der Waals surface area (Å²) in [5.41, 5.74) is 5.94. The van der Waals surface area contributed by atoms with E-state index in [1.807, 2.05) is 0 Å². The molecule has 0 aromatic heterocycles. The first-order valence-electron chi connectivity index (χ1n) is 7.08. The van der Waals surface area contributed by atoms with Crippen molar-refractivity contribution in [1.29, 1.82) is 0 Å². The minimum absolute atomic E-state index is 0.0524. The molecule has 2 fully saturated rings. The van der Waals surface area contributed by atoms with Crippen LogP contribution < -0.4 is 5.73 Å². The minimum Gasteiger partial charge on any atom is -0.341 e. The van der Waals surface area contributed by atoms with Crippen molar-refractivity contribution in [3.8, 4) is 0 Å². The number of hydrogen-bond donors (Lipinski definition) is 1. The van der Waals surface area contributed by atoms with E-state index in [1.54, 1.807) is 4.90 Å². The van der Waals surface area contributed by atoms with Gasteiger partial charge < -0.3 is 10.6 Å². The van der Waals surface area contributed by atoms with Crippen LogP contribution in [-0.4, -0.2) is 29.9 Å². The summed E-state index contributed by atoms with van der Waals surface area (Å²) < 4.78 is 37.5. The van der Waals surface area contributed by atoms with Crippen molar-refractivity contribution < 1.29 is 18.0 Å². The number of halogens is 3. The number of amides is 1. The van der Waals surface area contributed by atoms with Crippen LogP contribution >= 0.6 is 0 Å². The summed E-state index contributed by atoms with van der Waals surface area (Å²) in [5.74, 6) is 0.0523. The van der Waals surface area contributed by atoms with Gasteiger partial charge in [0.15, 0.2) is 0 Å². The standard InChI is InChI=1S/C15H17F3N2O/c16-15(17,18)10-3-1-9(2-4-10)12-7-13(12)14(21)20-6-5-11(19)8-20/h1-4,11-13H,5-8,19H2/t11-,12+,13+/m1/s1. The van der Waals surface area contributed by atoms with Crippen LogP contribution in [0.5, 0.6) is 0 Å². The van der Waals surface area contributed by atoms with Gasteiger partial charge in [0, 0.05) is 25.0 Å². The van der Waals surface area contributed by atoms with Gasteiger partial charge in [0.25, 0.3) is 0 Å². The van der Waals surface area contributed by atoms with Crippen LogP contribution in [0.1, 0.15) is 29.9 Å². The Balaban J connectivity index is 1.64. The Bertz CT molecular complexity index is 541. The summed E-state index contributed by atoms with van der Waals surface area (Å²) in [5, 5.41) is 0. The summed E-state index contributed by atoms with van der Waals surface area (Å²) >= 11 is 0. The lowest BCUT2D eigenvalue weighted by Crippen LogP contribution is -2.33. The van der Waals surface area contributed by atoms with Gasteiger partial charge in [-0.3, -0.25) is 4.79 Å². The normalized spacial score (nSPS) is 28.8. The summed E-state index contributed by atoms with van der Waals surface area (Å²) in [4.78, 5) is 14.0. The maximum Gasteiger partial charge on any atom is 0.416 e. The lowest BCUT2D eigenvalue weighted by atomic mass is 10.1. The zero-order valence-electron chi connectivity index (χ0n) is 11.4. The molecule has 21 heavy (non-hydrogen) atoms. The average Bonchev–Trinajstić information content (AvgIpc) is 3.12. The molecule has 1 amide bonds. The van der Waals surface area contributed by atoms with Crippen molar-refractivity contribution in [3.63, 3.8) is 0 Å². The molecule has 3 nitrogen and oxygen atoms in total. The quantitative estimate of drug-likeness (QED) is 0.911. The molecule has 6 heteroatoms. The number of alkyl halides is 3. The van der Waals surface area contributed by atoms with E-state index < -0.39 is 11.7 Å². The van der Waals surface area contributed by atoms with Gasteiger partial charge >= 0.3 is 6.18 Å². The number of nitrogens with zero attached hydrogens (tertiary/aromatic N) is 1. The molecule has 1 saturated carbocycles. The predicted molar refractivity (Wildman–Crippen MR) is 71.5 cm³/mol. The molecule has 1 aliphatic carbocycles. The maximum atomic E-state index is 12.5. The topological polar surface area (TPSA) is 46.3 Å². The number of carbonyl (C=O) groups excluding carboxylic acids is 1. The molecule has 3 atom stereocenters. The average molecular weight is 298 g/mol. The molecular formula is C15H17F3N2O. The van der Waals surface area contributed by atoms with Crippen molar-refractivity contribution in [2.24, 2.45) is 11.7 Å². The first kappa shape index (κ1) is 14.4. The number of benzene rings is 1. The third-order valence-electron chi connectivity index (χ3n) is 4.31. The van der Waals surface area contributed by atoms with Gasteiger partial charge in [0.2, 0.25) is 5.91 Å². The zero-order chi connectivity index (χ0) is 15.2. The monoisotopic (exact) mass is 298 g/mol. The lowest BCUT2D eigenvalue weighted by molar-refractivity contribution is -0.137. The van der Waals surface area contributed by atoms with Crippen LogP contribution in [0.4, 0.5) is 13.2 Å². The Kier molecular flexibility index (Phi) is 3.43. The Hall–Kier alpha value is -1.56. The second-order valence-corrected chi connectivity index (χ2v) is 5.90. The highest BCUT2D eigenvalue weighted by atomic mass is 19.4. The molecule has 2 N–H and O–H groups in total.